The van der Waals surface area contributed by atoms with E-state index in [1.165, 1.54) is 12.8 Å². The fourth-order valence-electron chi connectivity index (χ4n) is 6.48. The zero-order chi connectivity index (χ0) is 24.5. The molecule has 35 heavy (non-hydrogen) atoms. The van der Waals surface area contributed by atoms with Crippen LogP contribution in [0.2, 0.25) is 0 Å². The van der Waals surface area contributed by atoms with Crippen molar-refractivity contribution in [1.29, 1.82) is 0 Å². The molecule has 0 aromatic carbocycles. The van der Waals surface area contributed by atoms with E-state index in [9.17, 15) is 14.7 Å². The molecule has 0 spiro atoms. The highest BCUT2D eigenvalue weighted by Gasteiger charge is 2.41. The van der Waals surface area contributed by atoms with Crippen molar-refractivity contribution < 1.29 is 24.2 Å². The van der Waals surface area contributed by atoms with E-state index in [1.54, 1.807) is 16.9 Å². The topological polar surface area (TPSA) is 103 Å². The molecule has 1 aromatic heterocycles. The number of carboxylic acid groups (broad SMARTS) is 1. The highest BCUT2D eigenvalue weighted by atomic mass is 16.7. The molecule has 2 N–H and O–H groups in total. The van der Waals surface area contributed by atoms with Crippen molar-refractivity contribution in [2.75, 3.05) is 13.2 Å². The van der Waals surface area contributed by atoms with E-state index >= 15 is 0 Å². The van der Waals surface area contributed by atoms with E-state index in [-0.39, 0.29) is 18.1 Å². The smallest absolute Gasteiger partial charge is 0.326 e. The van der Waals surface area contributed by atoms with Gasteiger partial charge in [-0.3, -0.25) is 9.48 Å². The van der Waals surface area contributed by atoms with Crippen LogP contribution in [-0.2, 0) is 20.8 Å². The summed E-state index contributed by atoms with van der Waals surface area (Å²) in [5, 5.41) is 17.5. The van der Waals surface area contributed by atoms with Gasteiger partial charge in [0.2, 0.25) is 0 Å². The lowest BCUT2D eigenvalue weighted by Gasteiger charge is -2.41. The third kappa shape index (κ3) is 7.29. The summed E-state index contributed by atoms with van der Waals surface area (Å²) in [6.45, 7) is 1.82. The third-order valence-corrected chi connectivity index (χ3v) is 8.23. The highest BCUT2D eigenvalue weighted by Crippen LogP contribution is 2.41. The van der Waals surface area contributed by atoms with Crippen LogP contribution < -0.4 is 5.32 Å². The number of hydrogen-bond donors (Lipinski definition) is 2. The van der Waals surface area contributed by atoms with Gasteiger partial charge in [-0.1, -0.05) is 64.2 Å². The minimum atomic E-state index is -0.911. The van der Waals surface area contributed by atoms with Crippen LogP contribution in [0.5, 0.6) is 0 Å². The van der Waals surface area contributed by atoms with Crippen molar-refractivity contribution in [1.82, 2.24) is 15.1 Å². The first-order valence-corrected chi connectivity index (χ1v) is 13.9. The van der Waals surface area contributed by atoms with E-state index < -0.39 is 12.0 Å². The Morgan fingerprint density at radius 2 is 1.69 bits per heavy atom. The summed E-state index contributed by atoms with van der Waals surface area (Å²) in [7, 11) is 0. The molecule has 1 amide bonds. The first kappa shape index (κ1) is 26.1. The number of nitrogens with zero attached hydrogens (tertiary/aromatic N) is 2. The van der Waals surface area contributed by atoms with Crippen LogP contribution in [0.1, 0.15) is 100 Å². The van der Waals surface area contributed by atoms with E-state index in [1.807, 2.05) is 0 Å². The number of hydrogen-bond acceptors (Lipinski definition) is 5. The molecule has 2 aliphatic carbocycles. The molecule has 4 rings (SSSR count). The molecule has 8 heteroatoms. The van der Waals surface area contributed by atoms with Crippen LogP contribution in [0, 0.1) is 17.8 Å². The Labute approximate surface area is 209 Å². The van der Waals surface area contributed by atoms with Gasteiger partial charge in [-0.05, 0) is 49.5 Å². The fourth-order valence-corrected chi connectivity index (χ4v) is 6.48. The average Bonchev–Trinajstić information content (AvgIpc) is 3.37. The van der Waals surface area contributed by atoms with Crippen LogP contribution in [0.15, 0.2) is 12.3 Å². The number of aliphatic carboxylic acids is 1. The van der Waals surface area contributed by atoms with Gasteiger partial charge in [0.1, 0.15) is 11.7 Å². The predicted octanol–water partition coefficient (Wildman–Crippen LogP) is 4.78. The summed E-state index contributed by atoms with van der Waals surface area (Å²) in [6, 6.07) is 0.819. The van der Waals surface area contributed by atoms with Crippen molar-refractivity contribution >= 4 is 11.9 Å². The second kappa shape index (κ2) is 13.4. The Morgan fingerprint density at radius 3 is 2.29 bits per heavy atom. The number of aryl methyl sites for hydroxylation is 1. The molecule has 1 aliphatic heterocycles. The molecule has 2 unspecified atom stereocenters. The number of aromatic nitrogens is 2. The summed E-state index contributed by atoms with van der Waals surface area (Å²) in [4.78, 5) is 25.8. The Bertz CT molecular complexity index is 776. The molecular weight excluding hydrogens is 446 g/mol. The summed E-state index contributed by atoms with van der Waals surface area (Å²) >= 11 is 0. The summed E-state index contributed by atoms with van der Waals surface area (Å²) in [5.74, 6) is -0.513. The second-order valence-electron chi connectivity index (χ2n) is 10.6. The molecule has 3 fully saturated rings. The Balaban J connectivity index is 1.38. The minimum Gasteiger partial charge on any atom is -0.480 e. The van der Waals surface area contributed by atoms with Gasteiger partial charge >= 0.3 is 5.97 Å². The molecule has 2 heterocycles. The van der Waals surface area contributed by atoms with Gasteiger partial charge in [-0.25, -0.2) is 4.79 Å². The largest absolute Gasteiger partial charge is 0.480 e. The van der Waals surface area contributed by atoms with Gasteiger partial charge in [0.05, 0.1) is 6.61 Å². The van der Waals surface area contributed by atoms with E-state index in [0.29, 0.717) is 37.1 Å². The van der Waals surface area contributed by atoms with Gasteiger partial charge in [0.15, 0.2) is 6.29 Å². The molecule has 3 aliphatic rings. The molecule has 2 atom stereocenters. The summed E-state index contributed by atoms with van der Waals surface area (Å²) < 4.78 is 13.1. The SMILES string of the molecule is O=C(NC(C(=O)O)C(C1CCCCC1)C1CCCCC1)c1ccnn1CCCOC1CCCCO1. The summed E-state index contributed by atoms with van der Waals surface area (Å²) in [5.41, 5.74) is 0.413. The zero-order valence-electron chi connectivity index (χ0n) is 21.0. The molecule has 196 valence electrons. The van der Waals surface area contributed by atoms with Crippen molar-refractivity contribution in [2.45, 2.75) is 109 Å². The van der Waals surface area contributed by atoms with Gasteiger partial charge in [-0.2, -0.15) is 5.10 Å². The maximum absolute atomic E-state index is 13.3. The monoisotopic (exact) mass is 489 g/mol. The van der Waals surface area contributed by atoms with E-state index in [4.69, 9.17) is 9.47 Å². The zero-order valence-corrected chi connectivity index (χ0v) is 21.0. The molecular formula is C27H43N3O5. The predicted molar refractivity (Wildman–Crippen MR) is 132 cm³/mol. The van der Waals surface area contributed by atoms with Gasteiger partial charge < -0.3 is 19.9 Å². The number of rotatable bonds is 11. The lowest BCUT2D eigenvalue weighted by molar-refractivity contribution is -0.163. The van der Waals surface area contributed by atoms with Crippen LogP contribution in [-0.4, -0.2) is 52.3 Å². The molecule has 0 bridgehead atoms. The van der Waals surface area contributed by atoms with Crippen molar-refractivity contribution in [3.05, 3.63) is 18.0 Å². The fraction of sp³-hybridized carbons (Fsp3) is 0.815. The standard InChI is InChI=1S/C27H43N3O5/c31-26(22-15-16-28-30(22)17-9-19-35-23-14-7-8-18-34-23)29-25(27(32)33)24(20-10-3-1-4-11-20)21-12-5-2-6-13-21/h15-16,20-21,23-25H,1-14,17-19H2,(H,29,31)(H,32,33). The highest BCUT2D eigenvalue weighted by molar-refractivity contribution is 5.95. The number of ether oxygens (including phenoxy) is 2. The van der Waals surface area contributed by atoms with E-state index in [2.05, 4.69) is 10.4 Å². The maximum Gasteiger partial charge on any atom is 0.326 e. The van der Waals surface area contributed by atoms with Crippen LogP contribution >= 0.6 is 0 Å². The number of carboxylic acids is 1. The van der Waals surface area contributed by atoms with Crippen molar-refractivity contribution in [2.24, 2.45) is 17.8 Å². The molecule has 0 radical (unpaired) electrons. The number of nitrogens with one attached hydrogen (secondary N) is 1. The van der Waals surface area contributed by atoms with Gasteiger partial charge in [0.25, 0.3) is 5.91 Å². The van der Waals surface area contributed by atoms with E-state index in [0.717, 1.165) is 77.2 Å². The lowest BCUT2D eigenvalue weighted by atomic mass is 9.66. The second-order valence-corrected chi connectivity index (χ2v) is 10.6. The quantitative estimate of drug-likeness (QED) is 0.434. The first-order chi connectivity index (χ1) is 17.1. The molecule has 8 nitrogen and oxygen atoms in total. The van der Waals surface area contributed by atoms with Crippen LogP contribution in [0.25, 0.3) is 0 Å². The molecule has 1 aromatic rings. The third-order valence-electron chi connectivity index (χ3n) is 8.23. The Kier molecular flexibility index (Phi) is 10.0. The van der Waals surface area contributed by atoms with Crippen molar-refractivity contribution in [3.8, 4) is 0 Å². The molecule has 1 saturated heterocycles. The average molecular weight is 490 g/mol. The van der Waals surface area contributed by atoms with Gasteiger partial charge in [0, 0.05) is 19.3 Å². The maximum atomic E-state index is 13.3. The normalized spacial score (nSPS) is 23.3. The number of carbonyl (C=O) groups is 2. The Morgan fingerprint density at radius 1 is 1.03 bits per heavy atom. The van der Waals surface area contributed by atoms with Crippen molar-refractivity contribution in [3.63, 3.8) is 0 Å². The summed E-state index contributed by atoms with van der Waals surface area (Å²) in [6.07, 6.45) is 16.7. The van der Waals surface area contributed by atoms with Crippen LogP contribution in [0.3, 0.4) is 0 Å². The molecule has 2 saturated carbocycles. The van der Waals surface area contributed by atoms with Gasteiger partial charge in [-0.15, -0.1) is 0 Å². The Hall–Kier alpha value is -1.93. The number of carbonyl (C=O) groups excluding carboxylic acids is 1. The number of amides is 1. The minimum absolute atomic E-state index is 0.00249. The first-order valence-electron chi connectivity index (χ1n) is 13.9. The van der Waals surface area contributed by atoms with Crippen LogP contribution in [0.4, 0.5) is 0 Å². The lowest BCUT2D eigenvalue weighted by Crippen LogP contribution is -2.51.